The SMILES string of the molecule is CCOc1ccc(C(=O)OCC(=O)c2ccc3c(c2)CCCC3)cc1[N+](=O)[O-]. The van der Waals surface area contributed by atoms with E-state index in [1.54, 1.807) is 13.0 Å². The molecule has 0 bridgehead atoms. The van der Waals surface area contributed by atoms with Crippen LogP contribution in [0.2, 0.25) is 0 Å². The molecule has 0 amide bonds. The maximum absolute atomic E-state index is 12.4. The van der Waals surface area contributed by atoms with Crippen molar-refractivity contribution < 1.29 is 24.0 Å². The van der Waals surface area contributed by atoms with E-state index in [4.69, 9.17) is 9.47 Å². The lowest BCUT2D eigenvalue weighted by molar-refractivity contribution is -0.385. The van der Waals surface area contributed by atoms with Gasteiger partial charge in [-0.2, -0.15) is 0 Å². The fourth-order valence-electron chi connectivity index (χ4n) is 3.27. The normalized spacial score (nSPS) is 12.8. The second kappa shape index (κ2) is 8.65. The minimum absolute atomic E-state index is 0.00612. The van der Waals surface area contributed by atoms with Crippen molar-refractivity contribution in [2.24, 2.45) is 0 Å². The van der Waals surface area contributed by atoms with Gasteiger partial charge in [0.25, 0.3) is 0 Å². The second-order valence-corrected chi connectivity index (χ2v) is 6.56. The minimum atomic E-state index is -0.794. The van der Waals surface area contributed by atoms with Crippen molar-refractivity contribution >= 4 is 17.4 Å². The van der Waals surface area contributed by atoms with Crippen molar-refractivity contribution in [3.8, 4) is 5.75 Å². The summed E-state index contributed by atoms with van der Waals surface area (Å²) in [6, 6.07) is 9.40. The number of hydrogen-bond donors (Lipinski definition) is 0. The molecule has 7 heteroatoms. The Hall–Kier alpha value is -3.22. The molecule has 0 unspecified atom stereocenters. The predicted molar refractivity (Wildman–Crippen MR) is 102 cm³/mol. The largest absolute Gasteiger partial charge is 0.487 e. The van der Waals surface area contributed by atoms with Crippen LogP contribution in [0, 0.1) is 10.1 Å². The van der Waals surface area contributed by atoms with Gasteiger partial charge in [-0.05, 0) is 61.9 Å². The van der Waals surface area contributed by atoms with Gasteiger partial charge in [0.1, 0.15) is 0 Å². The summed E-state index contributed by atoms with van der Waals surface area (Å²) in [5.74, 6) is -1.02. The zero-order valence-corrected chi connectivity index (χ0v) is 15.6. The van der Waals surface area contributed by atoms with Gasteiger partial charge < -0.3 is 9.47 Å². The first-order valence-electron chi connectivity index (χ1n) is 9.23. The summed E-state index contributed by atoms with van der Waals surface area (Å²) >= 11 is 0. The van der Waals surface area contributed by atoms with Gasteiger partial charge in [0, 0.05) is 11.6 Å². The highest BCUT2D eigenvalue weighted by molar-refractivity contribution is 5.99. The Morgan fingerprint density at radius 1 is 1.04 bits per heavy atom. The molecule has 2 aromatic rings. The van der Waals surface area contributed by atoms with Crippen molar-refractivity contribution in [3.05, 3.63) is 68.8 Å². The first-order valence-corrected chi connectivity index (χ1v) is 9.23. The van der Waals surface area contributed by atoms with E-state index in [0.29, 0.717) is 5.56 Å². The summed E-state index contributed by atoms with van der Waals surface area (Å²) in [5.41, 5.74) is 2.61. The van der Waals surface area contributed by atoms with E-state index in [1.165, 1.54) is 23.3 Å². The average Bonchev–Trinajstić information content (AvgIpc) is 2.71. The zero-order chi connectivity index (χ0) is 20.1. The van der Waals surface area contributed by atoms with Gasteiger partial charge in [0.15, 0.2) is 18.1 Å². The van der Waals surface area contributed by atoms with E-state index < -0.39 is 17.5 Å². The maximum Gasteiger partial charge on any atom is 0.338 e. The predicted octanol–water partition coefficient (Wildman–Crippen LogP) is 3.91. The Labute approximate surface area is 162 Å². The molecule has 1 aliphatic carbocycles. The van der Waals surface area contributed by atoms with E-state index in [9.17, 15) is 19.7 Å². The quantitative estimate of drug-likeness (QED) is 0.311. The highest BCUT2D eigenvalue weighted by Crippen LogP contribution is 2.28. The van der Waals surface area contributed by atoms with Crippen LogP contribution in [0.1, 0.15) is 51.6 Å². The minimum Gasteiger partial charge on any atom is -0.487 e. The standard InChI is InChI=1S/C21H21NO6/c1-2-27-20-10-9-17(12-18(20)22(25)26)21(24)28-13-19(23)16-8-7-14-5-3-4-6-15(14)11-16/h7-12H,2-6,13H2,1H3. The van der Waals surface area contributed by atoms with Crippen LogP contribution < -0.4 is 4.74 Å². The molecule has 146 valence electrons. The molecule has 7 nitrogen and oxygen atoms in total. The number of ketones is 1. The maximum atomic E-state index is 12.4. The highest BCUT2D eigenvalue weighted by atomic mass is 16.6. The van der Waals surface area contributed by atoms with Gasteiger partial charge in [0.05, 0.1) is 17.1 Å². The number of carbonyl (C=O) groups is 2. The summed E-state index contributed by atoms with van der Waals surface area (Å²) in [5, 5.41) is 11.2. The van der Waals surface area contributed by atoms with Crippen LogP contribution in [-0.2, 0) is 17.6 Å². The van der Waals surface area contributed by atoms with Gasteiger partial charge in [0.2, 0.25) is 0 Å². The van der Waals surface area contributed by atoms with E-state index >= 15 is 0 Å². The van der Waals surface area contributed by atoms with Crippen LogP contribution in [0.3, 0.4) is 0 Å². The zero-order valence-electron chi connectivity index (χ0n) is 15.6. The van der Waals surface area contributed by atoms with Crippen molar-refractivity contribution in [2.75, 3.05) is 13.2 Å². The molecule has 0 aromatic heterocycles. The molecule has 0 radical (unpaired) electrons. The molecule has 3 rings (SSSR count). The smallest absolute Gasteiger partial charge is 0.338 e. The number of nitro benzene ring substituents is 1. The number of hydrogen-bond acceptors (Lipinski definition) is 6. The summed E-state index contributed by atoms with van der Waals surface area (Å²) in [4.78, 5) is 35.1. The van der Waals surface area contributed by atoms with Gasteiger partial charge in [-0.1, -0.05) is 12.1 Å². The Kier molecular flexibility index (Phi) is 6.03. The Morgan fingerprint density at radius 2 is 1.75 bits per heavy atom. The van der Waals surface area contributed by atoms with Crippen LogP contribution in [0.5, 0.6) is 5.75 Å². The Morgan fingerprint density at radius 3 is 2.46 bits per heavy atom. The van der Waals surface area contributed by atoms with Gasteiger partial charge in [-0.25, -0.2) is 4.79 Å². The number of nitrogens with zero attached hydrogens (tertiary/aromatic N) is 1. The molecule has 2 aromatic carbocycles. The molecule has 0 saturated carbocycles. The lowest BCUT2D eigenvalue weighted by Crippen LogP contribution is -2.15. The molecule has 0 heterocycles. The lowest BCUT2D eigenvalue weighted by Gasteiger charge is -2.16. The molecule has 0 aliphatic heterocycles. The van der Waals surface area contributed by atoms with Crippen LogP contribution in [0.4, 0.5) is 5.69 Å². The van der Waals surface area contributed by atoms with Crippen molar-refractivity contribution in [1.82, 2.24) is 0 Å². The number of aryl methyl sites for hydroxylation is 2. The van der Waals surface area contributed by atoms with E-state index in [-0.39, 0.29) is 29.4 Å². The Balaban J connectivity index is 1.67. The molecular weight excluding hydrogens is 362 g/mol. The molecule has 0 fully saturated rings. The van der Waals surface area contributed by atoms with Crippen LogP contribution in [0.25, 0.3) is 0 Å². The fraction of sp³-hybridized carbons (Fsp3) is 0.333. The molecule has 0 saturated heterocycles. The van der Waals surface area contributed by atoms with Gasteiger partial charge >= 0.3 is 11.7 Å². The number of nitro groups is 1. The number of benzene rings is 2. The number of rotatable bonds is 7. The monoisotopic (exact) mass is 383 g/mol. The average molecular weight is 383 g/mol. The molecule has 0 atom stereocenters. The molecule has 0 N–H and O–H groups in total. The summed E-state index contributed by atoms with van der Waals surface area (Å²) < 4.78 is 10.3. The van der Waals surface area contributed by atoms with Crippen LogP contribution in [0.15, 0.2) is 36.4 Å². The Bertz CT molecular complexity index is 921. The van der Waals surface area contributed by atoms with E-state index in [1.807, 2.05) is 12.1 Å². The summed E-state index contributed by atoms with van der Waals surface area (Å²) in [6.07, 6.45) is 4.24. The first kappa shape index (κ1) is 19.5. The third kappa shape index (κ3) is 4.36. The van der Waals surface area contributed by atoms with Crippen LogP contribution >= 0.6 is 0 Å². The first-order chi connectivity index (χ1) is 13.5. The molecule has 1 aliphatic rings. The highest BCUT2D eigenvalue weighted by Gasteiger charge is 2.20. The van der Waals surface area contributed by atoms with Crippen molar-refractivity contribution in [1.29, 1.82) is 0 Å². The number of Topliss-reactive ketones (excluding diaryl/α,β-unsaturated/α-hetero) is 1. The van der Waals surface area contributed by atoms with Crippen molar-refractivity contribution in [2.45, 2.75) is 32.6 Å². The van der Waals surface area contributed by atoms with Gasteiger partial charge in [-0.15, -0.1) is 0 Å². The fourth-order valence-corrected chi connectivity index (χ4v) is 3.27. The van der Waals surface area contributed by atoms with Crippen LogP contribution in [-0.4, -0.2) is 29.9 Å². The van der Waals surface area contributed by atoms with E-state index in [0.717, 1.165) is 31.7 Å². The third-order valence-corrected chi connectivity index (χ3v) is 4.70. The van der Waals surface area contributed by atoms with E-state index in [2.05, 4.69) is 0 Å². The third-order valence-electron chi connectivity index (χ3n) is 4.70. The molecule has 0 spiro atoms. The number of carbonyl (C=O) groups excluding carboxylic acids is 2. The topological polar surface area (TPSA) is 95.7 Å². The lowest BCUT2D eigenvalue weighted by atomic mass is 9.90. The number of ether oxygens (including phenoxy) is 2. The second-order valence-electron chi connectivity index (χ2n) is 6.56. The molecular formula is C21H21NO6. The van der Waals surface area contributed by atoms with Gasteiger partial charge in [-0.3, -0.25) is 14.9 Å². The summed E-state index contributed by atoms with van der Waals surface area (Å²) in [7, 11) is 0. The molecule has 28 heavy (non-hydrogen) atoms. The number of fused-ring (bicyclic) bond motifs is 1. The summed E-state index contributed by atoms with van der Waals surface area (Å²) in [6.45, 7) is 1.55. The van der Waals surface area contributed by atoms with Crippen molar-refractivity contribution in [3.63, 3.8) is 0 Å². The number of esters is 1.